The molecule has 1 amide bonds. The van der Waals surface area contributed by atoms with Crippen LogP contribution in [-0.4, -0.2) is 140 Å². The van der Waals surface area contributed by atoms with Crippen molar-refractivity contribution < 1.29 is 64.6 Å². The maximum atomic E-state index is 13.3. The number of rotatable bonds is 59. The summed E-state index contributed by atoms with van der Waals surface area (Å²) in [4.78, 5) is 13.3. The van der Waals surface area contributed by atoms with Crippen molar-refractivity contribution >= 4 is 5.91 Å². The molecular weight excluding hydrogens is 1120 g/mol. The normalized spacial score (nSPS) is 23.5. The van der Waals surface area contributed by atoms with E-state index >= 15 is 0 Å². The minimum absolute atomic E-state index is 0.220. The van der Waals surface area contributed by atoms with E-state index < -0.39 is 86.8 Å². The molecule has 9 N–H and O–H groups in total. The van der Waals surface area contributed by atoms with Gasteiger partial charge >= 0.3 is 0 Å². The highest BCUT2D eigenvalue weighted by Crippen LogP contribution is 2.30. The number of unbranched alkanes of at least 4 members (excludes halogenated alkanes) is 32. The zero-order valence-electron chi connectivity index (χ0n) is 56.2. The molecule has 0 aliphatic carbocycles. The second-order valence-electron chi connectivity index (χ2n) is 25.3. The molecule has 0 radical (unpaired) electrons. The number of hydrogen-bond acceptors (Lipinski definition) is 13. The van der Waals surface area contributed by atoms with Crippen molar-refractivity contribution in [2.24, 2.45) is 0 Å². The number of nitrogens with one attached hydrogen (secondary N) is 1. The molecule has 14 heteroatoms. The number of aliphatic hydroxyl groups is 8. The maximum absolute atomic E-state index is 13.3. The third kappa shape index (κ3) is 42.9. The molecule has 2 fully saturated rings. The van der Waals surface area contributed by atoms with Crippen molar-refractivity contribution in [1.82, 2.24) is 5.32 Å². The Bertz CT molecular complexity index is 1820. The predicted molar refractivity (Wildman–Crippen MR) is 364 cm³/mol. The standard InChI is InChI=1S/C75H133NO13/c1-3-5-7-9-11-13-15-17-19-21-23-25-27-28-29-30-31-32-33-34-35-37-38-40-42-44-46-48-50-52-54-56-58-64(79)63(62-86-74-72(85)70(83)73(66(61-78)88-74)89-75-71(84)69(82)68(81)65(60-77)87-75)76-67(80)59-57-55-53-51-49-47-45-43-41-39-36-26-24-22-20-18-16-14-12-10-8-6-4-2/h6,8,12,14,18,20,24,26,39,41,45,47,51,53,63-66,68-75,77-79,81-85H,3-5,7,9-11,13,15-17,19,21-23,25,27-38,40,42-44,46,48-50,52,54-62H2,1-2H3,(H,76,80)/b8-6-,14-12-,20-18-,26-24-,41-39-,47-45-,53-51-. The molecular formula is C75H133NO13. The Morgan fingerprint density at radius 3 is 1.15 bits per heavy atom. The first-order valence-electron chi connectivity index (χ1n) is 36.3. The number of ether oxygens (including phenoxy) is 4. The third-order valence-corrected chi connectivity index (χ3v) is 17.4. The van der Waals surface area contributed by atoms with Crippen LogP contribution in [0.25, 0.3) is 0 Å². The second kappa shape index (κ2) is 59.0. The predicted octanol–water partition coefficient (Wildman–Crippen LogP) is 15.2. The number of amides is 1. The Hall–Kier alpha value is -2.83. The minimum atomic E-state index is -1.79. The van der Waals surface area contributed by atoms with E-state index in [4.69, 9.17) is 18.9 Å². The largest absolute Gasteiger partial charge is 0.394 e. The van der Waals surface area contributed by atoms with E-state index in [0.29, 0.717) is 19.3 Å². The molecule has 12 atom stereocenters. The Morgan fingerprint density at radius 1 is 0.416 bits per heavy atom. The molecule has 0 aromatic carbocycles. The van der Waals surface area contributed by atoms with Gasteiger partial charge in [-0.1, -0.05) is 304 Å². The van der Waals surface area contributed by atoms with Crippen molar-refractivity contribution in [3.8, 4) is 0 Å². The first-order chi connectivity index (χ1) is 43.6. The van der Waals surface area contributed by atoms with Crippen LogP contribution in [0.5, 0.6) is 0 Å². The lowest BCUT2D eigenvalue weighted by atomic mass is 9.97. The molecule has 12 unspecified atom stereocenters. The van der Waals surface area contributed by atoms with Crippen molar-refractivity contribution in [2.75, 3.05) is 19.8 Å². The summed E-state index contributed by atoms with van der Waals surface area (Å²) >= 11 is 0. The average Bonchev–Trinajstić information content (AvgIpc) is 3.63. The number of allylic oxidation sites excluding steroid dienone is 14. The summed E-state index contributed by atoms with van der Waals surface area (Å²) in [6.07, 6.45) is 64.7. The van der Waals surface area contributed by atoms with E-state index in [1.54, 1.807) is 0 Å². The SMILES string of the molecule is CC/C=C\C/C=C\C/C=C\C/C=C\C/C=C\C/C=C\C/C=C\CCCC(=O)NC(COC1OC(CO)C(OC2OC(CO)C(O)C(O)C2O)C(O)C1O)C(O)CCCCCCCCCCCCCCCCCCCCCCCCCCCCCCCCCC. The van der Waals surface area contributed by atoms with Gasteiger partial charge < -0.3 is 65.1 Å². The van der Waals surface area contributed by atoms with Crippen LogP contribution in [0.3, 0.4) is 0 Å². The van der Waals surface area contributed by atoms with Gasteiger partial charge in [-0.2, -0.15) is 0 Å². The highest BCUT2D eigenvalue weighted by Gasteiger charge is 2.51. The number of carbonyl (C=O) groups excluding carboxylic acids is 1. The van der Waals surface area contributed by atoms with Crippen molar-refractivity contribution in [3.63, 3.8) is 0 Å². The van der Waals surface area contributed by atoms with Gasteiger partial charge in [0.2, 0.25) is 5.91 Å². The first-order valence-corrected chi connectivity index (χ1v) is 36.3. The minimum Gasteiger partial charge on any atom is -0.394 e. The van der Waals surface area contributed by atoms with Crippen LogP contribution in [0.4, 0.5) is 0 Å². The summed E-state index contributed by atoms with van der Waals surface area (Å²) in [6.45, 7) is 2.74. The highest BCUT2D eigenvalue weighted by atomic mass is 16.7. The summed E-state index contributed by atoms with van der Waals surface area (Å²) in [5.74, 6) is -0.263. The fourth-order valence-corrected chi connectivity index (χ4v) is 11.6. The van der Waals surface area contributed by atoms with Gasteiger partial charge in [0.1, 0.15) is 48.8 Å². The first kappa shape index (κ1) is 82.3. The van der Waals surface area contributed by atoms with Gasteiger partial charge in [-0.05, 0) is 64.2 Å². The lowest BCUT2D eigenvalue weighted by Gasteiger charge is -2.46. The second-order valence-corrected chi connectivity index (χ2v) is 25.3. The topological polar surface area (TPSA) is 228 Å². The molecule has 89 heavy (non-hydrogen) atoms. The fraction of sp³-hybridized carbons (Fsp3) is 0.800. The molecule has 2 aliphatic rings. The zero-order valence-corrected chi connectivity index (χ0v) is 56.2. The molecule has 2 saturated heterocycles. The van der Waals surface area contributed by atoms with Gasteiger partial charge in [0.25, 0.3) is 0 Å². The number of aliphatic hydroxyl groups excluding tert-OH is 8. The lowest BCUT2D eigenvalue weighted by Crippen LogP contribution is -2.65. The Morgan fingerprint density at radius 2 is 0.764 bits per heavy atom. The molecule has 0 bridgehead atoms. The fourth-order valence-electron chi connectivity index (χ4n) is 11.6. The molecule has 2 heterocycles. The maximum Gasteiger partial charge on any atom is 0.220 e. The van der Waals surface area contributed by atoms with E-state index in [0.717, 1.165) is 70.6 Å². The third-order valence-electron chi connectivity index (χ3n) is 17.4. The lowest BCUT2D eigenvalue weighted by molar-refractivity contribution is -0.359. The monoisotopic (exact) mass is 1260 g/mol. The van der Waals surface area contributed by atoms with Crippen molar-refractivity contribution in [3.05, 3.63) is 85.1 Å². The molecule has 2 aliphatic heterocycles. The van der Waals surface area contributed by atoms with Crippen LogP contribution < -0.4 is 5.32 Å². The molecule has 2 rings (SSSR count). The average molecular weight is 1260 g/mol. The summed E-state index contributed by atoms with van der Waals surface area (Å²) in [5.41, 5.74) is 0. The quantitative estimate of drug-likeness (QED) is 0.0204. The van der Waals surface area contributed by atoms with Crippen molar-refractivity contribution in [2.45, 2.75) is 364 Å². The number of hydrogen-bond donors (Lipinski definition) is 9. The van der Waals surface area contributed by atoms with E-state index in [-0.39, 0.29) is 18.9 Å². The van der Waals surface area contributed by atoms with E-state index in [2.05, 4.69) is 104 Å². The van der Waals surface area contributed by atoms with E-state index in [9.17, 15) is 45.6 Å². The van der Waals surface area contributed by atoms with Crippen LogP contribution in [-0.2, 0) is 23.7 Å². The van der Waals surface area contributed by atoms with Gasteiger partial charge in [-0.15, -0.1) is 0 Å². The zero-order chi connectivity index (χ0) is 64.5. The summed E-state index contributed by atoms with van der Waals surface area (Å²) in [5, 5.41) is 87.6. The van der Waals surface area contributed by atoms with Gasteiger partial charge in [0, 0.05) is 6.42 Å². The van der Waals surface area contributed by atoms with Crippen LogP contribution in [0, 0.1) is 0 Å². The molecule has 14 nitrogen and oxygen atoms in total. The molecule has 0 aromatic heterocycles. The summed E-state index contributed by atoms with van der Waals surface area (Å²) in [6, 6.07) is -0.867. The number of carbonyl (C=O) groups is 1. The van der Waals surface area contributed by atoms with Crippen molar-refractivity contribution in [1.29, 1.82) is 0 Å². The smallest absolute Gasteiger partial charge is 0.220 e. The van der Waals surface area contributed by atoms with Crippen LogP contribution in [0.2, 0.25) is 0 Å². The summed E-state index contributed by atoms with van der Waals surface area (Å²) < 4.78 is 22.9. The van der Waals surface area contributed by atoms with Crippen LogP contribution in [0.15, 0.2) is 85.1 Å². The van der Waals surface area contributed by atoms with Gasteiger partial charge in [-0.3, -0.25) is 4.79 Å². The van der Waals surface area contributed by atoms with Crippen LogP contribution in [0.1, 0.15) is 290 Å². The highest BCUT2D eigenvalue weighted by molar-refractivity contribution is 5.76. The summed E-state index contributed by atoms with van der Waals surface area (Å²) in [7, 11) is 0. The van der Waals surface area contributed by atoms with Crippen LogP contribution >= 0.6 is 0 Å². The van der Waals surface area contributed by atoms with Gasteiger partial charge in [0.15, 0.2) is 12.6 Å². The Labute approximate surface area is 541 Å². The van der Waals surface area contributed by atoms with E-state index in [1.807, 2.05) is 0 Å². The molecule has 0 aromatic rings. The molecule has 516 valence electrons. The molecule has 0 spiro atoms. The van der Waals surface area contributed by atoms with Gasteiger partial charge in [0.05, 0.1) is 32.0 Å². The van der Waals surface area contributed by atoms with E-state index in [1.165, 1.54) is 180 Å². The molecule has 0 saturated carbocycles. The van der Waals surface area contributed by atoms with Gasteiger partial charge in [-0.25, -0.2) is 0 Å². The Kier molecular flexibility index (Phi) is 54.5. The Balaban J connectivity index is 1.67.